The van der Waals surface area contributed by atoms with Gasteiger partial charge in [-0.2, -0.15) is 11.8 Å². The van der Waals surface area contributed by atoms with Gasteiger partial charge in [-0.1, -0.05) is 0 Å². The lowest BCUT2D eigenvalue weighted by Crippen LogP contribution is -2.52. The molecule has 0 aromatic heterocycles. The van der Waals surface area contributed by atoms with Crippen molar-refractivity contribution >= 4 is 17.7 Å². The van der Waals surface area contributed by atoms with Crippen LogP contribution in [0, 0.1) is 0 Å². The van der Waals surface area contributed by atoms with Gasteiger partial charge in [-0.05, 0) is 32.9 Å². The molecule has 0 aliphatic carbocycles. The van der Waals surface area contributed by atoms with E-state index in [4.69, 9.17) is 0 Å². The monoisotopic (exact) mass is 257 g/mol. The minimum absolute atomic E-state index is 0.0267. The standard InChI is InChI=1S/C12H23N3OS/c1-10(14-11-2-4-13-5-3-11)12(16)15-6-8-17-9-7-15/h10-11,13-14H,2-9H2,1H3/t10-/m0/s1. The number of hydrogen-bond acceptors (Lipinski definition) is 4. The summed E-state index contributed by atoms with van der Waals surface area (Å²) in [5, 5.41) is 6.82. The second kappa shape index (κ2) is 6.61. The first-order valence-corrected chi connectivity index (χ1v) is 7.76. The molecule has 0 radical (unpaired) electrons. The van der Waals surface area contributed by atoms with Gasteiger partial charge in [0.05, 0.1) is 6.04 Å². The summed E-state index contributed by atoms with van der Waals surface area (Å²) in [6.07, 6.45) is 2.26. The second-order valence-electron chi connectivity index (χ2n) is 4.85. The van der Waals surface area contributed by atoms with Crippen LogP contribution in [-0.2, 0) is 4.79 Å². The second-order valence-corrected chi connectivity index (χ2v) is 6.08. The van der Waals surface area contributed by atoms with E-state index >= 15 is 0 Å². The minimum atomic E-state index is -0.0267. The average molecular weight is 257 g/mol. The van der Waals surface area contributed by atoms with E-state index in [2.05, 4.69) is 10.6 Å². The van der Waals surface area contributed by atoms with Crippen molar-refractivity contribution in [1.29, 1.82) is 0 Å². The van der Waals surface area contributed by atoms with Gasteiger partial charge >= 0.3 is 0 Å². The van der Waals surface area contributed by atoms with Crippen molar-refractivity contribution in [3.63, 3.8) is 0 Å². The van der Waals surface area contributed by atoms with Crippen LogP contribution in [-0.4, -0.2) is 60.6 Å². The zero-order valence-electron chi connectivity index (χ0n) is 10.6. The first-order chi connectivity index (χ1) is 8.27. The van der Waals surface area contributed by atoms with Crippen molar-refractivity contribution in [3.05, 3.63) is 0 Å². The summed E-state index contributed by atoms with van der Waals surface area (Å²) in [6.45, 7) is 5.98. The number of nitrogens with one attached hydrogen (secondary N) is 2. The van der Waals surface area contributed by atoms with Gasteiger partial charge in [0.25, 0.3) is 0 Å². The molecule has 2 aliphatic heterocycles. The van der Waals surface area contributed by atoms with Gasteiger partial charge in [0, 0.05) is 30.6 Å². The van der Waals surface area contributed by atoms with Crippen LogP contribution in [0.3, 0.4) is 0 Å². The molecule has 17 heavy (non-hydrogen) atoms. The van der Waals surface area contributed by atoms with Crippen LogP contribution < -0.4 is 10.6 Å². The smallest absolute Gasteiger partial charge is 0.239 e. The fraction of sp³-hybridized carbons (Fsp3) is 0.917. The van der Waals surface area contributed by atoms with Gasteiger partial charge < -0.3 is 15.5 Å². The number of piperidine rings is 1. The van der Waals surface area contributed by atoms with Crippen LogP contribution >= 0.6 is 11.8 Å². The Hall–Kier alpha value is -0.260. The number of hydrogen-bond donors (Lipinski definition) is 2. The molecule has 2 heterocycles. The highest BCUT2D eigenvalue weighted by Gasteiger charge is 2.24. The van der Waals surface area contributed by atoms with E-state index in [1.54, 1.807) is 0 Å². The zero-order chi connectivity index (χ0) is 12.1. The minimum Gasteiger partial charge on any atom is -0.340 e. The van der Waals surface area contributed by atoms with Gasteiger partial charge in [-0.25, -0.2) is 0 Å². The number of thioether (sulfide) groups is 1. The third-order valence-electron chi connectivity index (χ3n) is 3.52. The molecule has 0 aromatic carbocycles. The van der Waals surface area contributed by atoms with Gasteiger partial charge in [-0.15, -0.1) is 0 Å². The quantitative estimate of drug-likeness (QED) is 0.763. The van der Waals surface area contributed by atoms with Gasteiger partial charge in [-0.3, -0.25) is 4.79 Å². The molecule has 0 bridgehead atoms. The molecule has 0 unspecified atom stereocenters. The van der Waals surface area contributed by atoms with Crippen molar-refractivity contribution in [2.24, 2.45) is 0 Å². The summed E-state index contributed by atoms with van der Waals surface area (Å²) < 4.78 is 0. The third kappa shape index (κ3) is 3.86. The number of carbonyl (C=O) groups is 1. The first-order valence-electron chi connectivity index (χ1n) is 6.60. The molecule has 0 saturated carbocycles. The molecule has 2 rings (SSSR count). The van der Waals surface area contributed by atoms with E-state index in [1.807, 2.05) is 23.6 Å². The van der Waals surface area contributed by atoms with Crippen LogP contribution in [0.25, 0.3) is 0 Å². The summed E-state index contributed by atoms with van der Waals surface area (Å²) in [4.78, 5) is 14.2. The van der Waals surface area contributed by atoms with Gasteiger partial charge in [0.2, 0.25) is 5.91 Å². The van der Waals surface area contributed by atoms with Crippen molar-refractivity contribution in [2.75, 3.05) is 37.7 Å². The number of rotatable bonds is 3. The molecule has 2 aliphatic rings. The van der Waals surface area contributed by atoms with E-state index in [0.717, 1.165) is 50.5 Å². The van der Waals surface area contributed by atoms with Crippen LogP contribution in [0.4, 0.5) is 0 Å². The predicted octanol–water partition coefficient (Wildman–Crippen LogP) is 0.292. The fourth-order valence-corrected chi connectivity index (χ4v) is 3.37. The highest BCUT2D eigenvalue weighted by Crippen LogP contribution is 2.11. The Morgan fingerprint density at radius 2 is 2.00 bits per heavy atom. The Labute approximate surface area is 108 Å². The zero-order valence-corrected chi connectivity index (χ0v) is 11.4. The molecule has 1 amide bonds. The van der Waals surface area contributed by atoms with Crippen molar-refractivity contribution in [2.45, 2.75) is 31.8 Å². The molecular formula is C12H23N3OS. The van der Waals surface area contributed by atoms with Crippen LogP contribution in [0.2, 0.25) is 0 Å². The molecule has 4 nitrogen and oxygen atoms in total. The average Bonchev–Trinajstić information content (AvgIpc) is 2.40. The summed E-state index contributed by atoms with van der Waals surface area (Å²) in [6, 6.07) is 0.482. The normalized spacial score (nSPS) is 24.6. The topological polar surface area (TPSA) is 44.4 Å². The Morgan fingerprint density at radius 3 is 2.65 bits per heavy atom. The van der Waals surface area contributed by atoms with E-state index in [0.29, 0.717) is 6.04 Å². The molecule has 1 atom stereocenters. The maximum Gasteiger partial charge on any atom is 0.239 e. The van der Waals surface area contributed by atoms with Crippen molar-refractivity contribution in [3.8, 4) is 0 Å². The van der Waals surface area contributed by atoms with Gasteiger partial charge in [0.1, 0.15) is 0 Å². The summed E-state index contributed by atoms with van der Waals surface area (Å²) in [7, 11) is 0. The van der Waals surface area contributed by atoms with Crippen LogP contribution in [0.1, 0.15) is 19.8 Å². The molecule has 98 valence electrons. The first kappa shape index (κ1) is 13.2. The van der Waals surface area contributed by atoms with E-state index in [9.17, 15) is 4.79 Å². The highest BCUT2D eigenvalue weighted by molar-refractivity contribution is 7.99. The Kier molecular flexibility index (Phi) is 5.13. The fourth-order valence-electron chi connectivity index (χ4n) is 2.47. The number of nitrogens with zero attached hydrogens (tertiary/aromatic N) is 1. The lowest BCUT2D eigenvalue weighted by atomic mass is 10.1. The van der Waals surface area contributed by atoms with E-state index in [-0.39, 0.29) is 11.9 Å². The molecule has 2 saturated heterocycles. The Balaban J connectivity index is 1.77. The lowest BCUT2D eigenvalue weighted by molar-refractivity contribution is -0.132. The van der Waals surface area contributed by atoms with Crippen LogP contribution in [0.15, 0.2) is 0 Å². The lowest BCUT2D eigenvalue weighted by Gasteiger charge is -2.32. The maximum atomic E-state index is 12.2. The molecule has 2 fully saturated rings. The SMILES string of the molecule is C[C@H](NC1CCNCC1)C(=O)N1CCSCC1. The predicted molar refractivity (Wildman–Crippen MR) is 72.4 cm³/mol. The molecule has 5 heteroatoms. The molecular weight excluding hydrogens is 234 g/mol. The largest absolute Gasteiger partial charge is 0.340 e. The van der Waals surface area contributed by atoms with Crippen LogP contribution in [0.5, 0.6) is 0 Å². The molecule has 2 N–H and O–H groups in total. The van der Waals surface area contributed by atoms with E-state index < -0.39 is 0 Å². The Morgan fingerprint density at radius 1 is 1.35 bits per heavy atom. The number of carbonyl (C=O) groups excluding carboxylic acids is 1. The van der Waals surface area contributed by atoms with Crippen molar-refractivity contribution in [1.82, 2.24) is 15.5 Å². The Bertz CT molecular complexity index is 250. The molecule has 0 aromatic rings. The van der Waals surface area contributed by atoms with E-state index in [1.165, 1.54) is 0 Å². The third-order valence-corrected chi connectivity index (χ3v) is 4.46. The maximum absolute atomic E-state index is 12.2. The summed E-state index contributed by atoms with van der Waals surface area (Å²) >= 11 is 1.94. The number of amides is 1. The summed E-state index contributed by atoms with van der Waals surface area (Å²) in [5.74, 6) is 2.46. The van der Waals surface area contributed by atoms with Crippen molar-refractivity contribution < 1.29 is 4.79 Å². The van der Waals surface area contributed by atoms with Gasteiger partial charge in [0.15, 0.2) is 0 Å². The summed E-state index contributed by atoms with van der Waals surface area (Å²) in [5.41, 5.74) is 0. The molecule has 0 spiro atoms. The highest BCUT2D eigenvalue weighted by atomic mass is 32.2.